The van der Waals surface area contributed by atoms with Gasteiger partial charge in [0.15, 0.2) is 11.5 Å². The lowest BCUT2D eigenvalue weighted by atomic mass is 10.1. The molecule has 0 bridgehead atoms. The van der Waals surface area contributed by atoms with Crippen LogP contribution < -0.4 is 5.73 Å². The van der Waals surface area contributed by atoms with Gasteiger partial charge >= 0.3 is 5.97 Å². The van der Waals surface area contributed by atoms with Gasteiger partial charge in [-0.3, -0.25) is 4.79 Å². The van der Waals surface area contributed by atoms with E-state index in [1.807, 2.05) is 0 Å². The molecule has 19 heavy (non-hydrogen) atoms. The Labute approximate surface area is 109 Å². The monoisotopic (exact) mass is 271 g/mol. The summed E-state index contributed by atoms with van der Waals surface area (Å²) in [6.45, 7) is -0.835. The molecule has 0 radical (unpaired) electrons. The van der Waals surface area contributed by atoms with Crippen molar-refractivity contribution in [3.63, 3.8) is 0 Å². The second kappa shape index (κ2) is 6.93. The number of aliphatic hydroxyl groups excluding tert-OH is 2. The second-order valence-corrected chi connectivity index (χ2v) is 4.10. The number of phenols is 2. The van der Waals surface area contributed by atoms with Gasteiger partial charge in [0, 0.05) is 0 Å². The van der Waals surface area contributed by atoms with Crippen molar-refractivity contribution in [2.24, 2.45) is 5.73 Å². The first-order valence-electron chi connectivity index (χ1n) is 5.66. The van der Waals surface area contributed by atoms with Crippen molar-refractivity contribution in [1.29, 1.82) is 0 Å². The van der Waals surface area contributed by atoms with Crippen LogP contribution in [0.5, 0.6) is 11.5 Å². The van der Waals surface area contributed by atoms with Crippen molar-refractivity contribution < 1.29 is 30.0 Å². The van der Waals surface area contributed by atoms with Crippen molar-refractivity contribution in [2.45, 2.75) is 18.6 Å². The van der Waals surface area contributed by atoms with E-state index < -0.39 is 24.7 Å². The Bertz CT molecular complexity index is 436. The first-order chi connectivity index (χ1) is 8.93. The van der Waals surface area contributed by atoms with E-state index in [9.17, 15) is 9.90 Å². The molecule has 0 spiro atoms. The third-order valence-corrected chi connectivity index (χ3v) is 2.43. The molecule has 1 aromatic carbocycles. The van der Waals surface area contributed by atoms with E-state index in [2.05, 4.69) is 0 Å². The molecule has 0 aliphatic carbocycles. The lowest BCUT2D eigenvalue weighted by Gasteiger charge is -2.13. The number of aromatic hydroxyl groups is 2. The predicted molar refractivity (Wildman–Crippen MR) is 65.5 cm³/mol. The Balaban J connectivity index is 2.51. The quantitative estimate of drug-likeness (QED) is 0.326. The summed E-state index contributed by atoms with van der Waals surface area (Å²) < 4.78 is 4.70. The molecule has 0 saturated heterocycles. The summed E-state index contributed by atoms with van der Waals surface area (Å²) in [6, 6.07) is 3.14. The average Bonchev–Trinajstić information content (AvgIpc) is 2.39. The molecule has 0 amide bonds. The first-order valence-corrected chi connectivity index (χ1v) is 5.66. The summed E-state index contributed by atoms with van der Waals surface area (Å²) in [4.78, 5) is 11.5. The topological polar surface area (TPSA) is 133 Å². The molecule has 0 aromatic heterocycles. The summed E-state index contributed by atoms with van der Waals surface area (Å²) in [7, 11) is 0. The number of nitrogens with two attached hydrogens (primary N) is 1. The Morgan fingerprint density at radius 1 is 1.32 bits per heavy atom. The molecule has 0 aliphatic rings. The van der Waals surface area contributed by atoms with Gasteiger partial charge in [0.05, 0.1) is 6.61 Å². The minimum absolute atomic E-state index is 0.113. The maximum atomic E-state index is 11.5. The van der Waals surface area contributed by atoms with Crippen LogP contribution in [-0.2, 0) is 16.0 Å². The molecule has 0 fully saturated rings. The zero-order valence-electron chi connectivity index (χ0n) is 10.2. The van der Waals surface area contributed by atoms with Gasteiger partial charge in [0.1, 0.15) is 18.8 Å². The Morgan fingerprint density at radius 2 is 2.00 bits per heavy atom. The van der Waals surface area contributed by atoms with Gasteiger partial charge in [0.2, 0.25) is 0 Å². The van der Waals surface area contributed by atoms with Gasteiger partial charge in [-0.05, 0) is 24.1 Å². The second-order valence-electron chi connectivity index (χ2n) is 4.10. The van der Waals surface area contributed by atoms with Gasteiger partial charge in [-0.15, -0.1) is 0 Å². The molecular formula is C12H17NO6. The van der Waals surface area contributed by atoms with E-state index in [0.29, 0.717) is 5.56 Å². The number of carbonyl (C=O) groups is 1. The number of phenolic OH excluding ortho intramolecular Hbond substituents is 2. The summed E-state index contributed by atoms with van der Waals surface area (Å²) in [5.74, 6) is -1.28. The maximum absolute atomic E-state index is 11.5. The number of rotatable bonds is 6. The SMILES string of the molecule is N[C@@H](Cc1ccc(O)c(O)c1)C(=O)OC[C@H](O)CO. The molecule has 1 aromatic rings. The molecule has 0 saturated carbocycles. The van der Waals surface area contributed by atoms with E-state index in [0.717, 1.165) is 0 Å². The van der Waals surface area contributed by atoms with Crippen LogP contribution in [0.25, 0.3) is 0 Å². The number of hydrogen-bond donors (Lipinski definition) is 5. The highest BCUT2D eigenvalue weighted by atomic mass is 16.5. The highest BCUT2D eigenvalue weighted by molar-refractivity contribution is 5.76. The third-order valence-electron chi connectivity index (χ3n) is 2.43. The zero-order chi connectivity index (χ0) is 14.4. The third kappa shape index (κ3) is 4.74. The van der Waals surface area contributed by atoms with Crippen molar-refractivity contribution in [3.8, 4) is 11.5 Å². The Morgan fingerprint density at radius 3 is 2.58 bits per heavy atom. The zero-order valence-corrected chi connectivity index (χ0v) is 10.2. The summed E-state index contributed by atoms with van der Waals surface area (Å²) in [5, 5.41) is 36.0. The maximum Gasteiger partial charge on any atom is 0.323 e. The van der Waals surface area contributed by atoms with Crippen LogP contribution in [0.1, 0.15) is 5.56 Å². The minimum atomic E-state index is -1.13. The number of esters is 1. The van der Waals surface area contributed by atoms with Crippen LogP contribution in [0.4, 0.5) is 0 Å². The van der Waals surface area contributed by atoms with Gasteiger partial charge < -0.3 is 30.9 Å². The molecule has 7 heteroatoms. The van der Waals surface area contributed by atoms with Crippen LogP contribution in [0.3, 0.4) is 0 Å². The largest absolute Gasteiger partial charge is 0.504 e. The highest BCUT2D eigenvalue weighted by Gasteiger charge is 2.17. The summed E-state index contributed by atoms with van der Waals surface area (Å²) in [5.41, 5.74) is 6.16. The van der Waals surface area contributed by atoms with Crippen molar-refractivity contribution >= 4 is 5.97 Å². The molecular weight excluding hydrogens is 254 g/mol. The van der Waals surface area contributed by atoms with E-state index in [4.69, 9.17) is 25.8 Å². The van der Waals surface area contributed by atoms with E-state index in [-0.39, 0.29) is 24.5 Å². The van der Waals surface area contributed by atoms with Crippen LogP contribution in [0.2, 0.25) is 0 Å². The number of carbonyl (C=O) groups excluding carboxylic acids is 1. The lowest BCUT2D eigenvalue weighted by Crippen LogP contribution is -2.36. The van der Waals surface area contributed by atoms with Gasteiger partial charge in [-0.2, -0.15) is 0 Å². The Kier molecular flexibility index (Phi) is 5.56. The fourth-order valence-corrected chi connectivity index (χ4v) is 1.37. The smallest absolute Gasteiger partial charge is 0.323 e. The van der Waals surface area contributed by atoms with Gasteiger partial charge in [0.25, 0.3) is 0 Å². The van der Waals surface area contributed by atoms with Crippen molar-refractivity contribution in [1.82, 2.24) is 0 Å². The summed E-state index contributed by atoms with van der Waals surface area (Å²) >= 11 is 0. The van der Waals surface area contributed by atoms with E-state index >= 15 is 0 Å². The van der Waals surface area contributed by atoms with Gasteiger partial charge in [-0.1, -0.05) is 6.07 Å². The molecule has 0 heterocycles. The van der Waals surface area contributed by atoms with Crippen molar-refractivity contribution in [2.75, 3.05) is 13.2 Å². The summed E-state index contributed by atoms with van der Waals surface area (Å²) in [6.07, 6.45) is -1.02. The van der Waals surface area contributed by atoms with Gasteiger partial charge in [-0.25, -0.2) is 0 Å². The average molecular weight is 271 g/mol. The molecule has 1 rings (SSSR count). The standard InChI is InChI=1S/C12H17NO6/c13-9(12(18)19-6-8(15)5-14)3-7-1-2-10(16)11(17)4-7/h1-2,4,8-9,14-17H,3,5-6,13H2/t8-,9+/m1/s1. The minimum Gasteiger partial charge on any atom is -0.504 e. The number of hydrogen-bond acceptors (Lipinski definition) is 7. The van der Waals surface area contributed by atoms with Crippen LogP contribution in [-0.4, -0.2) is 51.8 Å². The first kappa shape index (κ1) is 15.2. The van der Waals surface area contributed by atoms with E-state index in [1.54, 1.807) is 0 Å². The van der Waals surface area contributed by atoms with Crippen LogP contribution in [0.15, 0.2) is 18.2 Å². The van der Waals surface area contributed by atoms with E-state index in [1.165, 1.54) is 18.2 Å². The molecule has 106 valence electrons. The van der Waals surface area contributed by atoms with Crippen molar-refractivity contribution in [3.05, 3.63) is 23.8 Å². The normalized spacial score (nSPS) is 13.8. The molecule has 0 unspecified atom stereocenters. The fourth-order valence-electron chi connectivity index (χ4n) is 1.37. The molecule has 0 aliphatic heterocycles. The number of aliphatic hydroxyl groups is 2. The molecule has 2 atom stereocenters. The highest BCUT2D eigenvalue weighted by Crippen LogP contribution is 2.25. The lowest BCUT2D eigenvalue weighted by molar-refractivity contribution is -0.148. The van der Waals surface area contributed by atoms with Crippen LogP contribution >= 0.6 is 0 Å². The molecule has 7 nitrogen and oxygen atoms in total. The predicted octanol–water partition coefficient (Wildman–Crippen LogP) is -1.14. The Hall–Kier alpha value is -1.83. The number of benzene rings is 1. The number of ether oxygens (including phenoxy) is 1. The fraction of sp³-hybridized carbons (Fsp3) is 0.417. The molecule has 6 N–H and O–H groups in total. The van der Waals surface area contributed by atoms with Crippen LogP contribution in [0, 0.1) is 0 Å².